The molecule has 4 aromatic carbocycles. The molecule has 0 aliphatic heterocycles. The first kappa shape index (κ1) is 31.4. The smallest absolute Gasteiger partial charge is 0.295 e. The maximum Gasteiger partial charge on any atom is 0.295 e. The fourth-order valence-corrected chi connectivity index (χ4v) is 8.25. The van der Waals surface area contributed by atoms with Crippen molar-refractivity contribution in [2.75, 3.05) is 10.6 Å². The van der Waals surface area contributed by atoms with Gasteiger partial charge in [0, 0.05) is 28.2 Å². The van der Waals surface area contributed by atoms with Crippen molar-refractivity contribution < 1.29 is 35.8 Å². The molecule has 12 heteroatoms. The SMILES string of the molecule is Cc1cc(C)c(S(=O)(=O)[O-])c(C)c1Nc1ccc(Nc2c(C)cc(C)c(S(=O)(=O)O)c2C)c2c1C(=O)c1ccccc1C2O. The van der Waals surface area contributed by atoms with E-state index in [-0.39, 0.29) is 43.3 Å². The molecule has 0 heterocycles. The third-order valence-corrected chi connectivity index (χ3v) is 10.3. The van der Waals surface area contributed by atoms with Gasteiger partial charge in [-0.1, -0.05) is 36.4 Å². The lowest BCUT2D eigenvalue weighted by atomic mass is 9.81. The summed E-state index contributed by atoms with van der Waals surface area (Å²) in [5, 5.41) is 18.0. The Morgan fingerprint density at radius 2 is 1.23 bits per heavy atom. The van der Waals surface area contributed by atoms with E-state index in [2.05, 4.69) is 10.6 Å². The maximum absolute atomic E-state index is 14.0. The molecule has 0 saturated heterocycles. The Morgan fingerprint density at radius 3 is 1.80 bits per heavy atom. The number of benzene rings is 4. The topological polar surface area (TPSA) is 173 Å². The summed E-state index contributed by atoms with van der Waals surface area (Å²) >= 11 is 0. The molecule has 0 fully saturated rings. The van der Waals surface area contributed by atoms with Crippen molar-refractivity contribution in [3.8, 4) is 0 Å². The molecule has 10 nitrogen and oxygen atoms in total. The number of hydrogen-bond acceptors (Lipinski definition) is 9. The Balaban J connectivity index is 1.75. The zero-order chi connectivity index (χ0) is 32.5. The second kappa shape index (κ2) is 10.8. The summed E-state index contributed by atoms with van der Waals surface area (Å²) in [6, 6.07) is 13.0. The number of aryl methyl sites for hydroxylation is 4. The lowest BCUT2D eigenvalue weighted by Gasteiger charge is -2.30. The van der Waals surface area contributed by atoms with Gasteiger partial charge in [-0.05, 0) is 92.6 Å². The number of fused-ring (bicyclic) bond motifs is 2. The van der Waals surface area contributed by atoms with E-state index < -0.39 is 32.1 Å². The van der Waals surface area contributed by atoms with Crippen LogP contribution in [0.2, 0.25) is 0 Å². The second-order valence-corrected chi connectivity index (χ2v) is 13.8. The van der Waals surface area contributed by atoms with Gasteiger partial charge in [0.05, 0.1) is 16.1 Å². The number of ketones is 1. The predicted octanol–water partition coefficient (Wildman–Crippen LogP) is 5.80. The molecule has 230 valence electrons. The highest BCUT2D eigenvalue weighted by atomic mass is 32.2. The first-order chi connectivity index (χ1) is 20.4. The molecule has 0 spiro atoms. The molecule has 1 aliphatic rings. The molecular weight excluding hydrogens is 604 g/mol. The van der Waals surface area contributed by atoms with Crippen LogP contribution in [0.3, 0.4) is 0 Å². The van der Waals surface area contributed by atoms with E-state index in [1.807, 2.05) is 0 Å². The van der Waals surface area contributed by atoms with Gasteiger partial charge < -0.3 is 20.3 Å². The van der Waals surface area contributed by atoms with E-state index in [1.165, 1.54) is 13.8 Å². The van der Waals surface area contributed by atoms with Crippen molar-refractivity contribution in [3.05, 3.63) is 104 Å². The van der Waals surface area contributed by atoms with Gasteiger partial charge in [-0.3, -0.25) is 9.35 Å². The van der Waals surface area contributed by atoms with Crippen molar-refractivity contribution in [1.82, 2.24) is 0 Å². The number of hydrogen-bond donors (Lipinski definition) is 4. The Labute approximate surface area is 256 Å². The Hall–Kier alpha value is -4.07. The third-order valence-electron chi connectivity index (χ3n) is 8.08. The lowest BCUT2D eigenvalue weighted by Crippen LogP contribution is -2.22. The van der Waals surface area contributed by atoms with Crippen LogP contribution in [-0.2, 0) is 20.2 Å². The zero-order valence-electron chi connectivity index (χ0n) is 24.9. The highest BCUT2D eigenvalue weighted by molar-refractivity contribution is 7.86. The number of carbonyl (C=O) groups excluding carboxylic acids is 1. The molecule has 5 rings (SSSR count). The summed E-state index contributed by atoms with van der Waals surface area (Å²) in [7, 11) is -9.36. The molecule has 4 N–H and O–H groups in total. The molecule has 0 radical (unpaired) electrons. The van der Waals surface area contributed by atoms with Gasteiger partial charge >= 0.3 is 0 Å². The molecule has 0 aromatic heterocycles. The summed E-state index contributed by atoms with van der Waals surface area (Å²) in [5.74, 6) is -0.401. The van der Waals surface area contributed by atoms with Crippen LogP contribution in [0.1, 0.15) is 66.5 Å². The molecular formula is C32H31N2O8S2-. The first-order valence-corrected chi connectivity index (χ1v) is 16.5. The normalized spacial score (nSPS) is 14.7. The summed E-state index contributed by atoms with van der Waals surface area (Å²) in [6.45, 7) is 9.68. The molecule has 1 atom stereocenters. The molecule has 0 saturated carbocycles. The van der Waals surface area contributed by atoms with E-state index in [1.54, 1.807) is 76.2 Å². The van der Waals surface area contributed by atoms with Crippen LogP contribution < -0.4 is 10.6 Å². The van der Waals surface area contributed by atoms with Gasteiger partial charge in [0.1, 0.15) is 21.1 Å². The first-order valence-electron chi connectivity index (χ1n) is 13.6. The highest BCUT2D eigenvalue weighted by Gasteiger charge is 2.35. The molecule has 1 aliphatic carbocycles. The number of aliphatic hydroxyl groups excluding tert-OH is 1. The number of anilines is 4. The van der Waals surface area contributed by atoms with Crippen LogP contribution in [0.15, 0.2) is 58.3 Å². The largest absolute Gasteiger partial charge is 0.744 e. The van der Waals surface area contributed by atoms with Gasteiger partial charge in [-0.2, -0.15) is 8.42 Å². The van der Waals surface area contributed by atoms with E-state index in [4.69, 9.17) is 0 Å². The van der Waals surface area contributed by atoms with E-state index in [9.17, 15) is 35.8 Å². The Bertz CT molecular complexity index is 2120. The second-order valence-electron chi connectivity index (χ2n) is 11.1. The molecule has 4 aromatic rings. The van der Waals surface area contributed by atoms with Crippen LogP contribution in [0.5, 0.6) is 0 Å². The van der Waals surface area contributed by atoms with Crippen LogP contribution in [0.25, 0.3) is 0 Å². The number of carbonyl (C=O) groups is 1. The molecule has 44 heavy (non-hydrogen) atoms. The minimum Gasteiger partial charge on any atom is -0.744 e. The number of rotatable bonds is 6. The van der Waals surface area contributed by atoms with E-state index in [0.717, 1.165) is 0 Å². The lowest BCUT2D eigenvalue weighted by molar-refractivity contribution is 0.102. The zero-order valence-corrected chi connectivity index (χ0v) is 26.5. The summed E-state index contributed by atoms with van der Waals surface area (Å²) in [5.41, 5.74) is 4.70. The van der Waals surface area contributed by atoms with Crippen molar-refractivity contribution in [2.24, 2.45) is 0 Å². The minimum atomic E-state index is -4.81. The van der Waals surface area contributed by atoms with E-state index >= 15 is 0 Å². The standard InChI is InChI=1S/C32H32N2O8S2/c1-15-13-17(3)31(43(37,38)39)19(5)27(15)33-23-11-12-24(26-25(23)29(35)21-9-7-8-10-22(21)30(26)36)34-28-16(2)14-18(4)32(20(28)6)44(40,41)42/h7-14,29,33-35H,1-6H3,(H,37,38,39)(H,40,41,42)/p-1. The van der Waals surface area contributed by atoms with Gasteiger partial charge in [-0.25, -0.2) is 8.42 Å². The van der Waals surface area contributed by atoms with Crippen molar-refractivity contribution in [1.29, 1.82) is 0 Å². The van der Waals surface area contributed by atoms with Crippen LogP contribution in [0.4, 0.5) is 22.7 Å². The number of nitrogens with one attached hydrogen (secondary N) is 2. The Morgan fingerprint density at radius 1 is 0.727 bits per heavy atom. The average Bonchev–Trinajstić information content (AvgIpc) is 2.90. The Kier molecular flexibility index (Phi) is 7.71. The summed E-state index contributed by atoms with van der Waals surface area (Å²) in [4.78, 5) is 13.5. The van der Waals surface area contributed by atoms with Crippen molar-refractivity contribution >= 4 is 48.8 Å². The number of aliphatic hydroxyl groups is 1. The van der Waals surface area contributed by atoms with E-state index in [0.29, 0.717) is 44.9 Å². The molecule has 1 unspecified atom stereocenters. The monoisotopic (exact) mass is 635 g/mol. The minimum absolute atomic E-state index is 0.115. The van der Waals surface area contributed by atoms with Gasteiger partial charge in [0.15, 0.2) is 5.78 Å². The third kappa shape index (κ3) is 5.18. The fourth-order valence-electron chi connectivity index (χ4n) is 6.36. The molecule has 0 amide bonds. The van der Waals surface area contributed by atoms with Crippen molar-refractivity contribution in [3.63, 3.8) is 0 Å². The van der Waals surface area contributed by atoms with Gasteiger partial charge in [-0.15, -0.1) is 0 Å². The van der Waals surface area contributed by atoms with Crippen LogP contribution >= 0.6 is 0 Å². The van der Waals surface area contributed by atoms with Crippen molar-refractivity contribution in [2.45, 2.75) is 57.4 Å². The van der Waals surface area contributed by atoms with Gasteiger partial charge in [0.2, 0.25) is 0 Å². The van der Waals surface area contributed by atoms with Gasteiger partial charge in [0.25, 0.3) is 10.1 Å². The average molecular weight is 636 g/mol. The fraction of sp³-hybridized carbons (Fsp3) is 0.219. The highest BCUT2D eigenvalue weighted by Crippen LogP contribution is 2.45. The predicted molar refractivity (Wildman–Crippen MR) is 166 cm³/mol. The molecule has 0 bridgehead atoms. The quantitative estimate of drug-likeness (QED) is 0.190. The van der Waals surface area contributed by atoms with Crippen LogP contribution in [0, 0.1) is 41.5 Å². The summed E-state index contributed by atoms with van der Waals surface area (Å²) in [6.07, 6.45) is -1.27. The summed E-state index contributed by atoms with van der Waals surface area (Å²) < 4.78 is 70.7. The van der Waals surface area contributed by atoms with Crippen LogP contribution in [-0.4, -0.2) is 36.8 Å². The maximum atomic E-state index is 14.0.